The van der Waals surface area contributed by atoms with Gasteiger partial charge < -0.3 is 16.2 Å². The SMILES string of the molecule is NC(=O)c1c(NCl)nc(NCCO)n2cnnc12. The van der Waals surface area contributed by atoms with E-state index in [1.807, 2.05) is 0 Å². The van der Waals surface area contributed by atoms with E-state index in [1.54, 1.807) is 0 Å². The predicted molar refractivity (Wildman–Crippen MR) is 64.4 cm³/mol. The number of fused-ring (bicyclic) bond motifs is 1. The standard InChI is InChI=1S/C8H10ClN7O2/c9-14-6-4(5(10)18)7-15-12-3-16(7)8(13-6)11-1-2-17/h3,14,17H,1-2H2,(H2,10,18)(H,11,13). The summed E-state index contributed by atoms with van der Waals surface area (Å²) in [5.74, 6) is -0.320. The third-order valence-electron chi connectivity index (χ3n) is 2.18. The highest BCUT2D eigenvalue weighted by molar-refractivity contribution is 6.25. The van der Waals surface area contributed by atoms with Crippen LogP contribution in [0.1, 0.15) is 10.4 Å². The molecule has 9 nitrogen and oxygen atoms in total. The van der Waals surface area contributed by atoms with Gasteiger partial charge in [-0.3, -0.25) is 14.0 Å². The van der Waals surface area contributed by atoms with Crippen LogP contribution in [0, 0.1) is 0 Å². The van der Waals surface area contributed by atoms with Crippen molar-refractivity contribution in [1.29, 1.82) is 0 Å². The molecule has 0 saturated carbocycles. The fourth-order valence-corrected chi connectivity index (χ4v) is 1.61. The van der Waals surface area contributed by atoms with Gasteiger partial charge in [0.1, 0.15) is 11.9 Å². The van der Waals surface area contributed by atoms with Gasteiger partial charge >= 0.3 is 0 Å². The first-order valence-electron chi connectivity index (χ1n) is 4.94. The van der Waals surface area contributed by atoms with Crippen LogP contribution in [0.3, 0.4) is 0 Å². The van der Waals surface area contributed by atoms with Crippen LogP contribution in [0.5, 0.6) is 0 Å². The lowest BCUT2D eigenvalue weighted by Crippen LogP contribution is -2.18. The molecule has 0 aromatic carbocycles. The van der Waals surface area contributed by atoms with Gasteiger partial charge in [-0.1, -0.05) is 0 Å². The summed E-state index contributed by atoms with van der Waals surface area (Å²) in [6.45, 7) is 0.199. The fraction of sp³-hybridized carbons (Fsp3) is 0.250. The van der Waals surface area contributed by atoms with E-state index in [9.17, 15) is 4.79 Å². The lowest BCUT2D eigenvalue weighted by Gasteiger charge is -2.10. The van der Waals surface area contributed by atoms with Crippen molar-refractivity contribution in [2.75, 3.05) is 23.3 Å². The van der Waals surface area contributed by atoms with Crippen molar-refractivity contribution < 1.29 is 9.90 Å². The Morgan fingerprint density at radius 3 is 3.00 bits per heavy atom. The highest BCUT2D eigenvalue weighted by Gasteiger charge is 2.19. The van der Waals surface area contributed by atoms with E-state index < -0.39 is 5.91 Å². The van der Waals surface area contributed by atoms with E-state index in [2.05, 4.69) is 25.3 Å². The average Bonchev–Trinajstić information content (AvgIpc) is 2.83. The molecule has 0 saturated heterocycles. The normalized spacial score (nSPS) is 10.6. The summed E-state index contributed by atoms with van der Waals surface area (Å²) >= 11 is 5.49. The van der Waals surface area contributed by atoms with Crippen molar-refractivity contribution in [3.8, 4) is 0 Å². The summed E-state index contributed by atoms with van der Waals surface area (Å²) in [6.07, 6.45) is 1.37. The Kier molecular flexibility index (Phi) is 3.44. The molecule has 2 aromatic heterocycles. The minimum absolute atomic E-state index is 0.0389. The molecule has 5 N–H and O–H groups in total. The Bertz CT molecular complexity index is 584. The molecular formula is C8H10ClN7O2. The number of anilines is 2. The monoisotopic (exact) mass is 271 g/mol. The molecular weight excluding hydrogens is 262 g/mol. The summed E-state index contributed by atoms with van der Waals surface area (Å²) in [5, 5.41) is 19.1. The average molecular weight is 272 g/mol. The molecule has 0 radical (unpaired) electrons. The van der Waals surface area contributed by atoms with E-state index in [0.29, 0.717) is 5.95 Å². The maximum atomic E-state index is 11.4. The number of primary amides is 1. The molecule has 96 valence electrons. The second-order valence-corrected chi connectivity index (χ2v) is 3.48. The molecule has 0 spiro atoms. The second-order valence-electron chi connectivity index (χ2n) is 3.29. The van der Waals surface area contributed by atoms with Crippen LogP contribution in [0.25, 0.3) is 5.65 Å². The maximum Gasteiger partial charge on any atom is 0.256 e. The molecule has 0 aliphatic heterocycles. The topological polar surface area (TPSA) is 130 Å². The molecule has 0 unspecified atom stereocenters. The molecule has 18 heavy (non-hydrogen) atoms. The minimum atomic E-state index is -0.725. The number of halogens is 1. The number of aliphatic hydroxyl groups excluding tert-OH is 1. The Hall–Kier alpha value is -2.13. The molecule has 0 fully saturated rings. The first-order chi connectivity index (χ1) is 8.69. The Morgan fingerprint density at radius 2 is 2.39 bits per heavy atom. The van der Waals surface area contributed by atoms with Crippen molar-refractivity contribution in [3.63, 3.8) is 0 Å². The van der Waals surface area contributed by atoms with E-state index >= 15 is 0 Å². The first-order valence-corrected chi connectivity index (χ1v) is 5.31. The van der Waals surface area contributed by atoms with Crippen LogP contribution in [0.4, 0.5) is 11.8 Å². The number of carbonyl (C=O) groups excluding carboxylic acids is 1. The van der Waals surface area contributed by atoms with Crippen LogP contribution in [0.2, 0.25) is 0 Å². The molecule has 0 bridgehead atoms. The number of aliphatic hydroxyl groups is 1. The Labute approximate surface area is 106 Å². The third kappa shape index (κ3) is 2.00. The summed E-state index contributed by atoms with van der Waals surface area (Å²) in [6, 6.07) is 0. The van der Waals surface area contributed by atoms with E-state index in [1.165, 1.54) is 10.7 Å². The number of nitrogens with one attached hydrogen (secondary N) is 2. The van der Waals surface area contributed by atoms with Crippen molar-refractivity contribution in [1.82, 2.24) is 19.6 Å². The van der Waals surface area contributed by atoms with Gasteiger partial charge in [0.2, 0.25) is 5.95 Å². The summed E-state index contributed by atoms with van der Waals surface area (Å²) in [5.41, 5.74) is 5.51. The zero-order chi connectivity index (χ0) is 13.1. The number of rotatable bonds is 5. The summed E-state index contributed by atoms with van der Waals surface area (Å²) in [4.78, 5) is 17.7. The van der Waals surface area contributed by atoms with Crippen LogP contribution >= 0.6 is 11.8 Å². The van der Waals surface area contributed by atoms with Gasteiger partial charge in [0.05, 0.1) is 6.61 Å². The zero-order valence-electron chi connectivity index (χ0n) is 9.09. The van der Waals surface area contributed by atoms with Gasteiger partial charge in [-0.2, -0.15) is 4.98 Å². The molecule has 2 rings (SSSR count). The number of carbonyl (C=O) groups is 1. The number of nitrogens with zero attached hydrogens (tertiary/aromatic N) is 4. The molecule has 10 heteroatoms. The number of hydrogen-bond acceptors (Lipinski definition) is 7. The van der Waals surface area contributed by atoms with Crippen molar-refractivity contribution in [2.24, 2.45) is 5.73 Å². The molecule has 0 aliphatic carbocycles. The lowest BCUT2D eigenvalue weighted by molar-refractivity contribution is 0.100. The molecule has 0 atom stereocenters. The van der Waals surface area contributed by atoms with Crippen LogP contribution < -0.4 is 15.9 Å². The number of aromatic nitrogens is 4. The van der Waals surface area contributed by atoms with Gasteiger partial charge in [-0.05, 0) is 0 Å². The summed E-state index contributed by atoms with van der Waals surface area (Å²) in [7, 11) is 0. The van der Waals surface area contributed by atoms with E-state index in [-0.39, 0.29) is 30.2 Å². The van der Waals surface area contributed by atoms with Gasteiger partial charge in [0.25, 0.3) is 5.91 Å². The lowest BCUT2D eigenvalue weighted by atomic mass is 10.3. The smallest absolute Gasteiger partial charge is 0.256 e. The van der Waals surface area contributed by atoms with Gasteiger partial charge in [0, 0.05) is 18.3 Å². The second kappa shape index (κ2) is 5.02. The number of amides is 1. The van der Waals surface area contributed by atoms with Crippen LogP contribution in [-0.4, -0.2) is 43.7 Å². The zero-order valence-corrected chi connectivity index (χ0v) is 9.85. The largest absolute Gasteiger partial charge is 0.395 e. The van der Waals surface area contributed by atoms with Crippen molar-refractivity contribution in [2.45, 2.75) is 0 Å². The Balaban J connectivity index is 2.64. The predicted octanol–water partition coefficient (Wildman–Crippen LogP) is -0.807. The van der Waals surface area contributed by atoms with Crippen LogP contribution in [0.15, 0.2) is 6.33 Å². The molecule has 0 aliphatic rings. The third-order valence-corrected chi connectivity index (χ3v) is 2.36. The molecule has 2 aromatic rings. The van der Waals surface area contributed by atoms with Crippen LogP contribution in [-0.2, 0) is 0 Å². The van der Waals surface area contributed by atoms with Crippen molar-refractivity contribution >= 4 is 35.1 Å². The molecule has 2 heterocycles. The number of nitrogens with two attached hydrogens (primary N) is 1. The summed E-state index contributed by atoms with van der Waals surface area (Å²) < 4.78 is 1.44. The maximum absolute atomic E-state index is 11.4. The van der Waals surface area contributed by atoms with Gasteiger partial charge in [0.15, 0.2) is 11.5 Å². The van der Waals surface area contributed by atoms with E-state index in [0.717, 1.165) is 0 Å². The van der Waals surface area contributed by atoms with Crippen molar-refractivity contribution in [3.05, 3.63) is 11.9 Å². The highest BCUT2D eigenvalue weighted by Crippen LogP contribution is 2.21. The Morgan fingerprint density at radius 1 is 1.61 bits per heavy atom. The number of hydrogen-bond donors (Lipinski definition) is 4. The highest BCUT2D eigenvalue weighted by atomic mass is 35.5. The molecule has 1 amide bonds. The fourth-order valence-electron chi connectivity index (χ4n) is 1.47. The first kappa shape index (κ1) is 12.3. The van der Waals surface area contributed by atoms with Gasteiger partial charge in [-0.25, -0.2) is 0 Å². The van der Waals surface area contributed by atoms with Gasteiger partial charge in [-0.15, -0.1) is 10.2 Å². The van der Waals surface area contributed by atoms with E-state index in [4.69, 9.17) is 22.6 Å². The minimum Gasteiger partial charge on any atom is -0.395 e. The quantitative estimate of drug-likeness (QED) is 0.523.